The lowest BCUT2D eigenvalue weighted by Crippen LogP contribution is -1.99. The van der Waals surface area contributed by atoms with E-state index in [0.717, 1.165) is 12.5 Å². The van der Waals surface area contributed by atoms with E-state index in [1.165, 1.54) is 51.0 Å². The Hall–Kier alpha value is -2.10. The van der Waals surface area contributed by atoms with E-state index in [1.54, 1.807) is 24.4 Å². The molecular formula is C21H28FNO2. The monoisotopic (exact) mass is 345 g/mol. The van der Waals surface area contributed by atoms with Crippen molar-refractivity contribution < 1.29 is 14.2 Å². The van der Waals surface area contributed by atoms with Gasteiger partial charge in [-0.05, 0) is 24.6 Å². The standard InChI is InChI=1S/C21H28FNO2/c1-2-3-4-5-6-7-8-9-14-25-21-13-10-17(16-23-21)19-12-11-18(24)15-20(19)22/h10-13,15-16,24H,2-9,14H2,1H3. The molecule has 0 aliphatic rings. The van der Waals surface area contributed by atoms with Crippen LogP contribution in [0, 0.1) is 5.82 Å². The van der Waals surface area contributed by atoms with Crippen molar-refractivity contribution >= 4 is 0 Å². The molecule has 0 atom stereocenters. The van der Waals surface area contributed by atoms with Crippen molar-refractivity contribution in [2.24, 2.45) is 0 Å². The number of nitrogens with zero attached hydrogens (tertiary/aromatic N) is 1. The molecule has 0 aliphatic heterocycles. The van der Waals surface area contributed by atoms with Gasteiger partial charge in [-0.25, -0.2) is 9.37 Å². The summed E-state index contributed by atoms with van der Waals surface area (Å²) in [5.74, 6) is 0.0137. The Morgan fingerprint density at radius 3 is 2.32 bits per heavy atom. The number of benzene rings is 1. The summed E-state index contributed by atoms with van der Waals surface area (Å²) in [5, 5.41) is 9.27. The molecule has 1 aromatic carbocycles. The minimum atomic E-state index is -0.464. The fourth-order valence-electron chi connectivity index (χ4n) is 2.78. The molecule has 0 bridgehead atoms. The number of phenolic OH excluding ortho intramolecular Hbond substituents is 1. The molecule has 0 saturated carbocycles. The van der Waals surface area contributed by atoms with Crippen molar-refractivity contribution in [1.29, 1.82) is 0 Å². The number of rotatable bonds is 11. The molecular weight excluding hydrogens is 317 g/mol. The smallest absolute Gasteiger partial charge is 0.213 e. The molecule has 4 heteroatoms. The lowest BCUT2D eigenvalue weighted by molar-refractivity contribution is 0.293. The lowest BCUT2D eigenvalue weighted by atomic mass is 10.1. The van der Waals surface area contributed by atoms with Crippen molar-refractivity contribution in [1.82, 2.24) is 4.98 Å². The summed E-state index contributed by atoms with van der Waals surface area (Å²) in [6, 6.07) is 7.65. The van der Waals surface area contributed by atoms with Gasteiger partial charge in [-0.2, -0.15) is 0 Å². The van der Waals surface area contributed by atoms with Gasteiger partial charge in [0.1, 0.15) is 11.6 Å². The number of unbranched alkanes of at least 4 members (excludes halogenated alkanes) is 7. The molecule has 1 N–H and O–H groups in total. The van der Waals surface area contributed by atoms with Gasteiger partial charge >= 0.3 is 0 Å². The predicted molar refractivity (Wildman–Crippen MR) is 99.4 cm³/mol. The number of aromatic hydroxyl groups is 1. The molecule has 0 saturated heterocycles. The van der Waals surface area contributed by atoms with E-state index in [2.05, 4.69) is 11.9 Å². The van der Waals surface area contributed by atoms with Gasteiger partial charge in [0.05, 0.1) is 6.61 Å². The minimum Gasteiger partial charge on any atom is -0.508 e. The number of phenols is 1. The zero-order valence-corrected chi connectivity index (χ0v) is 15.0. The predicted octanol–water partition coefficient (Wildman–Crippen LogP) is 6.11. The third-order valence-electron chi connectivity index (χ3n) is 4.25. The molecule has 0 radical (unpaired) electrons. The second-order valence-electron chi connectivity index (χ2n) is 6.37. The van der Waals surface area contributed by atoms with E-state index in [4.69, 9.17) is 4.74 Å². The summed E-state index contributed by atoms with van der Waals surface area (Å²) in [6.07, 6.45) is 11.7. The molecule has 1 heterocycles. The van der Waals surface area contributed by atoms with Crippen molar-refractivity contribution in [3.05, 3.63) is 42.3 Å². The van der Waals surface area contributed by atoms with E-state index in [9.17, 15) is 9.50 Å². The van der Waals surface area contributed by atoms with Gasteiger partial charge in [0.15, 0.2) is 0 Å². The normalized spacial score (nSPS) is 10.8. The van der Waals surface area contributed by atoms with Gasteiger partial charge in [-0.3, -0.25) is 0 Å². The highest BCUT2D eigenvalue weighted by Crippen LogP contribution is 2.26. The van der Waals surface area contributed by atoms with Crippen LogP contribution in [0.15, 0.2) is 36.5 Å². The lowest BCUT2D eigenvalue weighted by Gasteiger charge is -2.07. The minimum absolute atomic E-state index is 0.0838. The first kappa shape index (κ1) is 19.2. The first-order valence-corrected chi connectivity index (χ1v) is 9.28. The van der Waals surface area contributed by atoms with Gasteiger partial charge in [0, 0.05) is 29.5 Å². The number of aromatic nitrogens is 1. The van der Waals surface area contributed by atoms with Gasteiger partial charge in [0.25, 0.3) is 0 Å². The van der Waals surface area contributed by atoms with Gasteiger partial charge in [-0.15, -0.1) is 0 Å². The molecule has 0 amide bonds. The zero-order valence-electron chi connectivity index (χ0n) is 15.0. The number of hydrogen-bond donors (Lipinski definition) is 1. The van der Waals surface area contributed by atoms with Crippen LogP contribution in [-0.4, -0.2) is 16.7 Å². The van der Waals surface area contributed by atoms with Crippen LogP contribution in [0.3, 0.4) is 0 Å². The number of hydrogen-bond acceptors (Lipinski definition) is 3. The summed E-state index contributed by atoms with van der Waals surface area (Å²) in [7, 11) is 0. The Labute approximate surface area is 149 Å². The van der Waals surface area contributed by atoms with Crippen LogP contribution in [0.2, 0.25) is 0 Å². The zero-order chi connectivity index (χ0) is 17.9. The van der Waals surface area contributed by atoms with Crippen molar-refractivity contribution in [3.8, 4) is 22.8 Å². The number of halogens is 1. The fraction of sp³-hybridized carbons (Fsp3) is 0.476. The maximum Gasteiger partial charge on any atom is 0.213 e. The summed E-state index contributed by atoms with van der Waals surface area (Å²) in [4.78, 5) is 4.23. The molecule has 1 aromatic heterocycles. The molecule has 2 aromatic rings. The van der Waals surface area contributed by atoms with E-state index in [1.807, 2.05) is 0 Å². The molecule has 3 nitrogen and oxygen atoms in total. The second kappa shape index (κ2) is 10.7. The molecule has 2 rings (SSSR count). The van der Waals surface area contributed by atoms with Crippen LogP contribution in [0.1, 0.15) is 58.3 Å². The summed E-state index contributed by atoms with van der Waals surface area (Å²) in [6.45, 7) is 2.90. The van der Waals surface area contributed by atoms with Gasteiger partial charge < -0.3 is 9.84 Å². The first-order chi connectivity index (χ1) is 12.2. The molecule has 0 spiro atoms. The van der Waals surface area contributed by atoms with Crippen LogP contribution in [0.5, 0.6) is 11.6 Å². The number of pyridine rings is 1. The largest absolute Gasteiger partial charge is 0.508 e. The van der Waals surface area contributed by atoms with Crippen LogP contribution >= 0.6 is 0 Å². The van der Waals surface area contributed by atoms with E-state index in [-0.39, 0.29) is 5.75 Å². The first-order valence-electron chi connectivity index (χ1n) is 9.28. The molecule has 0 fully saturated rings. The second-order valence-corrected chi connectivity index (χ2v) is 6.37. The number of ether oxygens (including phenoxy) is 1. The third kappa shape index (κ3) is 6.73. The summed E-state index contributed by atoms with van der Waals surface area (Å²) >= 11 is 0. The van der Waals surface area contributed by atoms with Crippen LogP contribution in [0.4, 0.5) is 4.39 Å². The van der Waals surface area contributed by atoms with Crippen LogP contribution in [-0.2, 0) is 0 Å². The Morgan fingerprint density at radius 2 is 1.68 bits per heavy atom. The fourth-order valence-corrected chi connectivity index (χ4v) is 2.78. The average molecular weight is 345 g/mol. The Balaban J connectivity index is 1.68. The maximum atomic E-state index is 13.8. The van der Waals surface area contributed by atoms with E-state index < -0.39 is 5.82 Å². The third-order valence-corrected chi connectivity index (χ3v) is 4.25. The van der Waals surface area contributed by atoms with Crippen molar-refractivity contribution in [2.45, 2.75) is 58.3 Å². The highest BCUT2D eigenvalue weighted by Gasteiger charge is 2.07. The SMILES string of the molecule is CCCCCCCCCCOc1ccc(-c2ccc(O)cc2F)cn1. The summed E-state index contributed by atoms with van der Waals surface area (Å²) < 4.78 is 19.5. The molecule has 136 valence electrons. The van der Waals surface area contributed by atoms with Crippen molar-refractivity contribution in [2.75, 3.05) is 6.61 Å². The van der Waals surface area contributed by atoms with E-state index >= 15 is 0 Å². The van der Waals surface area contributed by atoms with Crippen LogP contribution < -0.4 is 4.74 Å². The topological polar surface area (TPSA) is 42.4 Å². The average Bonchev–Trinajstić information content (AvgIpc) is 2.61. The highest BCUT2D eigenvalue weighted by atomic mass is 19.1. The molecule has 0 unspecified atom stereocenters. The summed E-state index contributed by atoms with van der Waals surface area (Å²) in [5.41, 5.74) is 1.08. The highest BCUT2D eigenvalue weighted by molar-refractivity contribution is 5.64. The van der Waals surface area contributed by atoms with E-state index in [0.29, 0.717) is 23.6 Å². The quantitative estimate of drug-likeness (QED) is 0.499. The van der Waals surface area contributed by atoms with Crippen LogP contribution in [0.25, 0.3) is 11.1 Å². The Morgan fingerprint density at radius 1 is 0.960 bits per heavy atom. The van der Waals surface area contributed by atoms with Gasteiger partial charge in [0.2, 0.25) is 5.88 Å². The molecule has 0 aliphatic carbocycles. The van der Waals surface area contributed by atoms with Crippen molar-refractivity contribution in [3.63, 3.8) is 0 Å². The van der Waals surface area contributed by atoms with Gasteiger partial charge in [-0.1, -0.05) is 51.9 Å². The Bertz CT molecular complexity index is 628. The molecule has 25 heavy (non-hydrogen) atoms. The maximum absolute atomic E-state index is 13.8. The Kier molecular flexibility index (Phi) is 8.23.